The highest BCUT2D eigenvalue weighted by Crippen LogP contribution is 2.39. The maximum atomic E-state index is 12.6. The SMILES string of the molecule is Cc1ccc(/C(O)=C2/C(=O)C(=O)N(CCO)C2c2ccc([N+](=O)[O-])cc2)cc1. The van der Waals surface area contributed by atoms with Crippen molar-refractivity contribution in [3.8, 4) is 0 Å². The van der Waals surface area contributed by atoms with E-state index < -0.39 is 22.7 Å². The maximum absolute atomic E-state index is 12.6. The first-order chi connectivity index (χ1) is 13.3. The molecular weight excluding hydrogens is 364 g/mol. The summed E-state index contributed by atoms with van der Waals surface area (Å²) in [6.45, 7) is 1.39. The molecule has 1 atom stereocenters. The molecule has 2 aromatic carbocycles. The second kappa shape index (κ2) is 7.61. The van der Waals surface area contributed by atoms with E-state index >= 15 is 0 Å². The van der Waals surface area contributed by atoms with Gasteiger partial charge in [-0.25, -0.2) is 0 Å². The smallest absolute Gasteiger partial charge is 0.295 e. The molecule has 1 aliphatic rings. The lowest BCUT2D eigenvalue weighted by Crippen LogP contribution is -2.32. The number of benzene rings is 2. The number of nitrogens with zero attached hydrogens (tertiary/aromatic N) is 2. The first kappa shape index (κ1) is 19.2. The Balaban J connectivity index is 2.15. The van der Waals surface area contributed by atoms with Gasteiger partial charge in [0, 0.05) is 24.2 Å². The number of aliphatic hydroxyl groups is 2. The number of β-amino-alcohol motifs (C(OH)–C–C–N with tert-alkyl or cyclic N) is 1. The molecule has 0 spiro atoms. The molecule has 144 valence electrons. The van der Waals surface area contributed by atoms with Gasteiger partial charge >= 0.3 is 0 Å². The number of aryl methyl sites for hydroxylation is 1. The van der Waals surface area contributed by atoms with Crippen LogP contribution in [0.4, 0.5) is 5.69 Å². The van der Waals surface area contributed by atoms with Gasteiger partial charge in [-0.2, -0.15) is 0 Å². The molecule has 1 aliphatic heterocycles. The van der Waals surface area contributed by atoms with Gasteiger partial charge in [0.05, 0.1) is 23.1 Å². The van der Waals surface area contributed by atoms with Gasteiger partial charge in [0.15, 0.2) is 0 Å². The zero-order chi connectivity index (χ0) is 20.4. The molecule has 2 aromatic rings. The first-order valence-electron chi connectivity index (χ1n) is 8.55. The number of ketones is 1. The van der Waals surface area contributed by atoms with Crippen LogP contribution in [0.25, 0.3) is 5.76 Å². The Kier molecular flexibility index (Phi) is 5.23. The lowest BCUT2D eigenvalue weighted by atomic mass is 9.95. The fourth-order valence-electron chi connectivity index (χ4n) is 3.21. The van der Waals surface area contributed by atoms with Gasteiger partial charge in [-0.3, -0.25) is 19.7 Å². The number of hydrogen-bond acceptors (Lipinski definition) is 6. The summed E-state index contributed by atoms with van der Waals surface area (Å²) in [4.78, 5) is 36.6. The average molecular weight is 382 g/mol. The standard InChI is InChI=1S/C20H18N2O6/c1-12-2-4-14(5-3-12)18(24)16-17(21(10-11-23)20(26)19(16)25)13-6-8-15(9-7-13)22(27)28/h2-9,17,23-24H,10-11H2,1H3/b18-16-. The lowest BCUT2D eigenvalue weighted by Gasteiger charge is -2.24. The van der Waals surface area contributed by atoms with Crippen LogP contribution in [0.3, 0.4) is 0 Å². The van der Waals surface area contributed by atoms with Crippen LogP contribution in [0.15, 0.2) is 54.1 Å². The molecule has 1 saturated heterocycles. The fourth-order valence-corrected chi connectivity index (χ4v) is 3.21. The van der Waals surface area contributed by atoms with E-state index in [0.29, 0.717) is 11.1 Å². The molecular formula is C20H18N2O6. The predicted octanol–water partition coefficient (Wildman–Crippen LogP) is 2.32. The van der Waals surface area contributed by atoms with Gasteiger partial charge in [-0.05, 0) is 24.6 Å². The summed E-state index contributed by atoms with van der Waals surface area (Å²) >= 11 is 0. The second-order valence-electron chi connectivity index (χ2n) is 6.43. The van der Waals surface area contributed by atoms with Crippen molar-refractivity contribution in [1.82, 2.24) is 4.90 Å². The molecule has 0 radical (unpaired) electrons. The molecule has 3 rings (SSSR count). The number of nitro groups is 1. The maximum Gasteiger partial charge on any atom is 0.295 e. The van der Waals surface area contributed by atoms with Gasteiger partial charge in [0.2, 0.25) is 0 Å². The van der Waals surface area contributed by atoms with Crippen LogP contribution in [0.2, 0.25) is 0 Å². The van der Waals surface area contributed by atoms with Gasteiger partial charge in [-0.15, -0.1) is 0 Å². The molecule has 8 heteroatoms. The molecule has 1 amide bonds. The van der Waals surface area contributed by atoms with Crippen molar-refractivity contribution in [2.24, 2.45) is 0 Å². The molecule has 0 bridgehead atoms. The van der Waals surface area contributed by atoms with Gasteiger partial charge in [0.25, 0.3) is 17.4 Å². The summed E-state index contributed by atoms with van der Waals surface area (Å²) in [5, 5.41) is 31.0. The Hall–Kier alpha value is -3.52. The minimum Gasteiger partial charge on any atom is -0.507 e. The quantitative estimate of drug-likeness (QED) is 0.269. The number of Topliss-reactive ketones (excluding diaryl/α,β-unsaturated/α-hetero) is 1. The molecule has 2 N–H and O–H groups in total. The topological polar surface area (TPSA) is 121 Å². The Morgan fingerprint density at radius 2 is 1.71 bits per heavy atom. The van der Waals surface area contributed by atoms with Crippen LogP contribution in [0.5, 0.6) is 0 Å². The van der Waals surface area contributed by atoms with E-state index in [4.69, 9.17) is 0 Å². The van der Waals surface area contributed by atoms with Crippen molar-refractivity contribution in [3.05, 3.63) is 80.9 Å². The minimum atomic E-state index is -0.950. The van der Waals surface area contributed by atoms with Crippen molar-refractivity contribution in [1.29, 1.82) is 0 Å². The molecule has 0 aromatic heterocycles. The van der Waals surface area contributed by atoms with Crippen molar-refractivity contribution in [2.75, 3.05) is 13.2 Å². The summed E-state index contributed by atoms with van der Waals surface area (Å²) in [5.74, 6) is -2.04. The Bertz CT molecular complexity index is 963. The summed E-state index contributed by atoms with van der Waals surface area (Å²) in [6, 6.07) is 11.2. The predicted molar refractivity (Wildman–Crippen MR) is 100 cm³/mol. The van der Waals surface area contributed by atoms with E-state index in [1.807, 2.05) is 6.92 Å². The highest BCUT2D eigenvalue weighted by molar-refractivity contribution is 6.46. The Morgan fingerprint density at radius 1 is 1.11 bits per heavy atom. The largest absolute Gasteiger partial charge is 0.507 e. The van der Waals surface area contributed by atoms with Crippen LogP contribution < -0.4 is 0 Å². The number of carbonyl (C=O) groups is 2. The first-order valence-corrected chi connectivity index (χ1v) is 8.55. The zero-order valence-electron chi connectivity index (χ0n) is 15.0. The molecule has 0 aliphatic carbocycles. The highest BCUT2D eigenvalue weighted by Gasteiger charge is 2.45. The summed E-state index contributed by atoms with van der Waals surface area (Å²) in [6.07, 6.45) is 0. The van der Waals surface area contributed by atoms with E-state index in [2.05, 4.69) is 0 Å². The fraction of sp³-hybridized carbons (Fsp3) is 0.200. The number of rotatable bonds is 5. The van der Waals surface area contributed by atoms with Gasteiger partial charge in [-0.1, -0.05) is 29.8 Å². The molecule has 0 saturated carbocycles. The summed E-state index contributed by atoms with van der Waals surface area (Å²) < 4.78 is 0. The number of nitro benzene ring substituents is 1. The van der Waals surface area contributed by atoms with Crippen molar-refractivity contribution < 1.29 is 24.7 Å². The molecule has 1 unspecified atom stereocenters. The number of non-ortho nitro benzene ring substituents is 1. The van der Waals surface area contributed by atoms with E-state index in [1.165, 1.54) is 24.3 Å². The van der Waals surface area contributed by atoms with Crippen LogP contribution in [-0.2, 0) is 9.59 Å². The van der Waals surface area contributed by atoms with E-state index in [-0.39, 0.29) is 30.2 Å². The van der Waals surface area contributed by atoms with Crippen LogP contribution in [0, 0.1) is 17.0 Å². The molecule has 8 nitrogen and oxygen atoms in total. The third-order valence-corrected chi connectivity index (χ3v) is 4.63. The molecule has 28 heavy (non-hydrogen) atoms. The Morgan fingerprint density at radius 3 is 2.25 bits per heavy atom. The van der Waals surface area contributed by atoms with Crippen LogP contribution in [-0.4, -0.2) is 44.9 Å². The zero-order valence-corrected chi connectivity index (χ0v) is 15.0. The molecule has 1 heterocycles. The number of carbonyl (C=O) groups excluding carboxylic acids is 2. The van der Waals surface area contributed by atoms with Crippen molar-refractivity contribution in [2.45, 2.75) is 13.0 Å². The number of hydrogen-bond donors (Lipinski definition) is 2. The average Bonchev–Trinajstić information content (AvgIpc) is 2.93. The normalized spacial score (nSPS) is 18.5. The van der Waals surface area contributed by atoms with Gasteiger partial charge in [0.1, 0.15) is 5.76 Å². The van der Waals surface area contributed by atoms with Gasteiger partial charge < -0.3 is 15.1 Å². The van der Waals surface area contributed by atoms with Crippen LogP contribution in [0.1, 0.15) is 22.7 Å². The second-order valence-corrected chi connectivity index (χ2v) is 6.43. The summed E-state index contributed by atoms with van der Waals surface area (Å²) in [7, 11) is 0. The Labute approximate surface area is 160 Å². The highest BCUT2D eigenvalue weighted by atomic mass is 16.6. The van der Waals surface area contributed by atoms with E-state index in [0.717, 1.165) is 10.5 Å². The minimum absolute atomic E-state index is 0.114. The number of likely N-dealkylation sites (tertiary alicyclic amines) is 1. The number of amides is 1. The van der Waals surface area contributed by atoms with Crippen LogP contribution >= 0.6 is 0 Å². The lowest BCUT2D eigenvalue weighted by molar-refractivity contribution is -0.384. The number of aliphatic hydroxyl groups excluding tert-OH is 2. The van der Waals surface area contributed by atoms with E-state index in [9.17, 15) is 29.9 Å². The summed E-state index contributed by atoms with van der Waals surface area (Å²) in [5.41, 5.74) is 1.51. The van der Waals surface area contributed by atoms with Crippen molar-refractivity contribution >= 4 is 23.1 Å². The van der Waals surface area contributed by atoms with Crippen molar-refractivity contribution in [3.63, 3.8) is 0 Å². The molecule has 1 fully saturated rings. The third kappa shape index (κ3) is 3.37. The third-order valence-electron chi connectivity index (χ3n) is 4.63. The monoisotopic (exact) mass is 382 g/mol. The van der Waals surface area contributed by atoms with E-state index in [1.54, 1.807) is 24.3 Å².